The summed E-state index contributed by atoms with van der Waals surface area (Å²) in [5.41, 5.74) is 3.78. The topological polar surface area (TPSA) is 43.6 Å². The molecular weight excluding hydrogens is 573 g/mol. The third-order valence-corrected chi connectivity index (χ3v) is 8.27. The maximum absolute atomic E-state index is 9.20. The Morgan fingerprint density at radius 1 is 0.404 bits per heavy atom. The van der Waals surface area contributed by atoms with Crippen LogP contribution in [-0.2, 0) is 0 Å². The van der Waals surface area contributed by atoms with Gasteiger partial charge in [0.2, 0.25) is 0 Å². The van der Waals surface area contributed by atoms with Gasteiger partial charge in [0.15, 0.2) is 17.5 Å². The number of para-hydroxylation sites is 1. The predicted molar refractivity (Wildman–Crippen MR) is 193 cm³/mol. The average Bonchev–Trinajstić information content (AvgIpc) is 3.59. The molecule has 4 nitrogen and oxygen atoms in total. The van der Waals surface area contributed by atoms with Gasteiger partial charge in [0, 0.05) is 32.8 Å². The SMILES string of the molecule is [2H]c1c([2H])c([2H])c(-c2cccc3c2c2c([2H])c([2H])c([2H])c([2H])c2n3-c2cccc3c(-c4nc(-c5ccccc5)nc(-c5ccccc5)n4)cccc23)c([2H])c1[2H]. The van der Waals surface area contributed by atoms with Crippen LogP contribution in [0.25, 0.3) is 83.6 Å². The van der Waals surface area contributed by atoms with Crippen LogP contribution >= 0.6 is 0 Å². The van der Waals surface area contributed by atoms with E-state index in [-0.39, 0.29) is 34.1 Å². The first-order valence-corrected chi connectivity index (χ1v) is 15.1. The lowest BCUT2D eigenvalue weighted by Crippen LogP contribution is -2.01. The summed E-state index contributed by atoms with van der Waals surface area (Å²) in [5, 5.41) is 2.00. The molecule has 9 aromatic rings. The van der Waals surface area contributed by atoms with E-state index in [1.54, 1.807) is 22.8 Å². The Labute approximate surface area is 284 Å². The van der Waals surface area contributed by atoms with Crippen LogP contribution in [0.4, 0.5) is 0 Å². The monoisotopic (exact) mass is 609 g/mol. The molecule has 0 radical (unpaired) electrons. The van der Waals surface area contributed by atoms with Crippen LogP contribution in [0.1, 0.15) is 12.3 Å². The van der Waals surface area contributed by atoms with E-state index >= 15 is 0 Å². The molecule has 0 fully saturated rings. The van der Waals surface area contributed by atoms with Crippen molar-refractivity contribution >= 4 is 32.6 Å². The largest absolute Gasteiger partial charge is 0.309 e. The molecule has 0 amide bonds. The molecule has 0 bridgehead atoms. The van der Waals surface area contributed by atoms with Crippen molar-refractivity contribution in [2.75, 3.05) is 0 Å². The Bertz CT molecular complexity index is 2990. The molecule has 0 saturated carbocycles. The van der Waals surface area contributed by atoms with E-state index in [0.717, 1.165) is 21.9 Å². The third kappa shape index (κ3) is 4.58. The van der Waals surface area contributed by atoms with Crippen LogP contribution in [0.3, 0.4) is 0 Å². The van der Waals surface area contributed by atoms with Crippen molar-refractivity contribution in [3.63, 3.8) is 0 Å². The Morgan fingerprint density at radius 3 is 1.74 bits per heavy atom. The van der Waals surface area contributed by atoms with Crippen LogP contribution in [0.5, 0.6) is 0 Å². The number of fused-ring (bicyclic) bond motifs is 4. The normalized spacial score (nSPS) is 14.1. The summed E-state index contributed by atoms with van der Waals surface area (Å²) >= 11 is 0. The number of benzene rings is 7. The standard InChI is InChI=1S/C43H28N4/c1-4-15-29(16-5-1)32-22-13-28-39-40(32)36-21-10-11-26-38(36)47(39)37-27-14-23-33-34(37)24-12-25-35(33)43-45-41(30-17-6-2-7-18-30)44-42(46-43)31-19-8-3-9-20-31/h1-28H/i1D,4D,5D,10D,11D,15D,16D,21D,26D. The van der Waals surface area contributed by atoms with Crippen LogP contribution in [0, 0.1) is 0 Å². The van der Waals surface area contributed by atoms with Crippen molar-refractivity contribution in [1.82, 2.24) is 19.5 Å². The van der Waals surface area contributed by atoms with E-state index in [2.05, 4.69) is 0 Å². The van der Waals surface area contributed by atoms with Gasteiger partial charge in [-0.3, -0.25) is 0 Å². The first kappa shape index (κ1) is 19.2. The smallest absolute Gasteiger partial charge is 0.164 e. The zero-order valence-electron chi connectivity index (χ0n) is 33.8. The molecule has 0 atom stereocenters. The molecule has 0 aliphatic carbocycles. The lowest BCUT2D eigenvalue weighted by atomic mass is 9.99. The molecule has 0 spiro atoms. The Kier molecular flexibility index (Phi) is 4.57. The molecule has 9 rings (SSSR count). The summed E-state index contributed by atoms with van der Waals surface area (Å²) in [6, 6.07) is 32.0. The van der Waals surface area contributed by atoms with E-state index in [1.165, 1.54) is 0 Å². The van der Waals surface area contributed by atoms with Crippen molar-refractivity contribution in [3.05, 3.63) is 170 Å². The zero-order valence-corrected chi connectivity index (χ0v) is 24.8. The maximum Gasteiger partial charge on any atom is 0.164 e. The van der Waals surface area contributed by atoms with Gasteiger partial charge >= 0.3 is 0 Å². The highest BCUT2D eigenvalue weighted by Crippen LogP contribution is 2.40. The van der Waals surface area contributed by atoms with Crippen molar-refractivity contribution in [2.45, 2.75) is 0 Å². The quantitative estimate of drug-likeness (QED) is 0.195. The minimum atomic E-state index is -0.531. The summed E-state index contributed by atoms with van der Waals surface area (Å²) < 4.78 is 80.0. The predicted octanol–water partition coefficient (Wildman–Crippen LogP) is 10.8. The Balaban J connectivity index is 1.37. The molecule has 0 aliphatic rings. The van der Waals surface area contributed by atoms with Gasteiger partial charge < -0.3 is 4.57 Å². The summed E-state index contributed by atoms with van der Waals surface area (Å²) in [4.78, 5) is 14.8. The second-order valence-electron chi connectivity index (χ2n) is 11.0. The van der Waals surface area contributed by atoms with Gasteiger partial charge in [0.1, 0.15) is 0 Å². The second kappa shape index (κ2) is 11.2. The van der Waals surface area contributed by atoms with Gasteiger partial charge in [-0.2, -0.15) is 0 Å². The van der Waals surface area contributed by atoms with E-state index in [1.807, 2.05) is 97.1 Å². The van der Waals surface area contributed by atoms with E-state index < -0.39 is 42.3 Å². The lowest BCUT2D eigenvalue weighted by Gasteiger charge is -2.14. The summed E-state index contributed by atoms with van der Waals surface area (Å²) in [6.45, 7) is 0. The van der Waals surface area contributed by atoms with Crippen LogP contribution in [0.15, 0.2) is 170 Å². The van der Waals surface area contributed by atoms with Gasteiger partial charge in [-0.15, -0.1) is 0 Å². The fraction of sp³-hybridized carbons (Fsp3) is 0. The molecule has 0 saturated heterocycles. The van der Waals surface area contributed by atoms with Crippen molar-refractivity contribution in [1.29, 1.82) is 0 Å². The number of hydrogen-bond acceptors (Lipinski definition) is 3. The number of rotatable bonds is 5. The highest BCUT2D eigenvalue weighted by Gasteiger charge is 2.19. The maximum atomic E-state index is 9.20. The van der Waals surface area contributed by atoms with Gasteiger partial charge in [-0.1, -0.05) is 151 Å². The third-order valence-electron chi connectivity index (χ3n) is 8.27. The molecule has 0 aliphatic heterocycles. The summed E-state index contributed by atoms with van der Waals surface area (Å²) in [7, 11) is 0. The van der Waals surface area contributed by atoms with Gasteiger partial charge in [-0.05, 0) is 34.7 Å². The van der Waals surface area contributed by atoms with Gasteiger partial charge in [-0.25, -0.2) is 15.0 Å². The molecular formula is C43H28N4. The molecule has 0 N–H and O–H groups in total. The second-order valence-corrected chi connectivity index (χ2v) is 11.0. The zero-order chi connectivity index (χ0) is 39.0. The Hall–Kier alpha value is -6.39. The molecule has 220 valence electrons. The van der Waals surface area contributed by atoms with Crippen LogP contribution in [0.2, 0.25) is 0 Å². The summed E-state index contributed by atoms with van der Waals surface area (Å²) in [5.74, 6) is 1.44. The number of hydrogen-bond donors (Lipinski definition) is 0. The van der Waals surface area contributed by atoms with E-state index in [4.69, 9.17) is 25.9 Å². The van der Waals surface area contributed by atoms with E-state index in [9.17, 15) is 1.37 Å². The average molecular weight is 610 g/mol. The minimum Gasteiger partial charge on any atom is -0.309 e. The van der Waals surface area contributed by atoms with Crippen LogP contribution < -0.4 is 0 Å². The van der Waals surface area contributed by atoms with Crippen LogP contribution in [-0.4, -0.2) is 19.5 Å². The number of aromatic nitrogens is 4. The minimum absolute atomic E-state index is 0.0634. The van der Waals surface area contributed by atoms with Crippen molar-refractivity contribution in [2.24, 2.45) is 0 Å². The Morgan fingerprint density at radius 2 is 1.00 bits per heavy atom. The van der Waals surface area contributed by atoms with Crippen molar-refractivity contribution < 1.29 is 12.3 Å². The summed E-state index contributed by atoms with van der Waals surface area (Å²) in [6.07, 6.45) is 0. The fourth-order valence-electron chi connectivity index (χ4n) is 6.22. The number of nitrogens with zero attached hydrogens (tertiary/aromatic N) is 4. The van der Waals surface area contributed by atoms with Gasteiger partial charge in [0.05, 0.1) is 29.1 Å². The first-order chi connectivity index (χ1) is 27.1. The molecule has 2 heterocycles. The lowest BCUT2D eigenvalue weighted by molar-refractivity contribution is 1.08. The van der Waals surface area contributed by atoms with Crippen molar-refractivity contribution in [3.8, 4) is 51.0 Å². The van der Waals surface area contributed by atoms with E-state index in [0.29, 0.717) is 39.6 Å². The van der Waals surface area contributed by atoms with Gasteiger partial charge in [0.25, 0.3) is 0 Å². The fourth-order valence-corrected chi connectivity index (χ4v) is 6.22. The molecule has 7 aromatic carbocycles. The molecule has 0 unspecified atom stereocenters. The molecule has 47 heavy (non-hydrogen) atoms. The molecule has 2 aromatic heterocycles. The highest BCUT2D eigenvalue weighted by molar-refractivity contribution is 6.16. The highest BCUT2D eigenvalue weighted by atomic mass is 15.0. The molecule has 4 heteroatoms. The first-order valence-electron chi connectivity index (χ1n) is 19.6.